The normalized spacial score (nSPS) is 16.4. The van der Waals surface area contributed by atoms with Crippen molar-refractivity contribution in [1.82, 2.24) is 5.32 Å². The van der Waals surface area contributed by atoms with Crippen LogP contribution < -0.4 is 10.1 Å². The minimum Gasteiger partial charge on any atom is -0.496 e. The molecule has 0 atom stereocenters. The molecule has 0 amide bonds. The highest BCUT2D eigenvalue weighted by Crippen LogP contribution is 2.34. The second kappa shape index (κ2) is 5.93. The fourth-order valence-corrected chi connectivity index (χ4v) is 2.96. The largest absolute Gasteiger partial charge is 0.496 e. The van der Waals surface area contributed by atoms with E-state index in [2.05, 4.69) is 5.32 Å². The molecule has 0 bridgehead atoms. The van der Waals surface area contributed by atoms with Gasteiger partial charge in [-0.2, -0.15) is 0 Å². The van der Waals surface area contributed by atoms with Gasteiger partial charge in [-0.1, -0.05) is 11.6 Å². The van der Waals surface area contributed by atoms with Crippen molar-refractivity contribution in [3.63, 3.8) is 0 Å². The van der Waals surface area contributed by atoms with Crippen LogP contribution in [0.15, 0.2) is 6.07 Å². The van der Waals surface area contributed by atoms with Crippen LogP contribution in [0.3, 0.4) is 0 Å². The number of benzene rings is 1. The van der Waals surface area contributed by atoms with Gasteiger partial charge in [0.2, 0.25) is 0 Å². The molecule has 0 radical (unpaired) electrons. The number of Topliss-reactive ketones (excluding diaryl/α,β-unsaturated/α-hetero) is 1. The monoisotopic (exact) mass is 281 g/mol. The fraction of sp³-hybridized carbons (Fsp3) is 0.533. The summed E-state index contributed by atoms with van der Waals surface area (Å²) in [6.45, 7) is 5.61. The number of methoxy groups -OCH3 is 1. The van der Waals surface area contributed by atoms with Crippen molar-refractivity contribution in [3.05, 3.63) is 27.8 Å². The lowest BCUT2D eigenvalue weighted by molar-refractivity contribution is 0.0891. The Hall–Kier alpha value is -1.06. The van der Waals surface area contributed by atoms with E-state index in [0.717, 1.165) is 37.1 Å². The first-order valence-electron chi connectivity index (χ1n) is 6.65. The average molecular weight is 282 g/mol. The Kier molecular flexibility index (Phi) is 4.48. The van der Waals surface area contributed by atoms with Gasteiger partial charge in [0, 0.05) is 10.9 Å². The number of ketones is 1. The summed E-state index contributed by atoms with van der Waals surface area (Å²) in [6.07, 6.45) is 1.76. The number of ether oxygens (including phenoxy) is 1. The van der Waals surface area contributed by atoms with Gasteiger partial charge < -0.3 is 10.1 Å². The molecule has 1 saturated heterocycles. The number of piperidine rings is 1. The van der Waals surface area contributed by atoms with Crippen molar-refractivity contribution in [3.8, 4) is 5.75 Å². The minimum absolute atomic E-state index is 0.0757. The average Bonchev–Trinajstić information content (AvgIpc) is 2.42. The highest BCUT2D eigenvalue weighted by Gasteiger charge is 2.27. The molecule has 3 nitrogen and oxygen atoms in total. The van der Waals surface area contributed by atoms with Gasteiger partial charge in [-0.05, 0) is 57.0 Å². The number of carbonyl (C=O) groups is 1. The molecule has 19 heavy (non-hydrogen) atoms. The summed E-state index contributed by atoms with van der Waals surface area (Å²) < 4.78 is 5.43. The van der Waals surface area contributed by atoms with Gasteiger partial charge in [0.25, 0.3) is 0 Å². The van der Waals surface area contributed by atoms with Crippen LogP contribution in [-0.2, 0) is 0 Å². The summed E-state index contributed by atoms with van der Waals surface area (Å²) in [6, 6.07) is 1.86. The van der Waals surface area contributed by atoms with Crippen molar-refractivity contribution in [2.45, 2.75) is 26.7 Å². The van der Waals surface area contributed by atoms with Crippen molar-refractivity contribution in [2.24, 2.45) is 5.92 Å². The van der Waals surface area contributed by atoms with Crippen molar-refractivity contribution >= 4 is 17.4 Å². The Morgan fingerprint density at radius 3 is 2.58 bits per heavy atom. The molecule has 1 aliphatic rings. The summed E-state index contributed by atoms with van der Waals surface area (Å²) in [5.41, 5.74) is 2.41. The molecule has 0 unspecified atom stereocenters. The molecule has 1 aromatic carbocycles. The topological polar surface area (TPSA) is 38.3 Å². The molecule has 0 saturated carbocycles. The van der Waals surface area contributed by atoms with Crippen LogP contribution in [-0.4, -0.2) is 26.0 Å². The number of hydrogen-bond donors (Lipinski definition) is 1. The fourth-order valence-electron chi connectivity index (χ4n) is 2.70. The SMILES string of the molecule is COc1c(C)cc(Cl)c(C)c1C(=O)C1CCNCC1. The molecular weight excluding hydrogens is 262 g/mol. The van der Waals surface area contributed by atoms with E-state index in [0.29, 0.717) is 16.3 Å². The third kappa shape index (κ3) is 2.77. The van der Waals surface area contributed by atoms with Crippen LogP contribution in [0.2, 0.25) is 5.02 Å². The summed E-state index contributed by atoms with van der Waals surface area (Å²) in [4.78, 5) is 12.7. The molecule has 104 valence electrons. The third-order valence-electron chi connectivity index (χ3n) is 3.82. The quantitative estimate of drug-likeness (QED) is 0.865. The molecule has 0 aliphatic carbocycles. The summed E-state index contributed by atoms with van der Waals surface area (Å²) >= 11 is 6.21. The Balaban J connectivity index is 2.44. The zero-order valence-corrected chi connectivity index (χ0v) is 12.4. The van der Waals surface area contributed by atoms with Gasteiger partial charge in [-0.3, -0.25) is 4.79 Å². The van der Waals surface area contributed by atoms with Crippen LogP contribution in [0, 0.1) is 19.8 Å². The standard InChI is InChI=1S/C15H20ClNO2/c1-9-8-12(16)10(2)13(15(9)19-3)14(18)11-4-6-17-7-5-11/h8,11,17H,4-7H2,1-3H3. The van der Waals surface area contributed by atoms with Crippen molar-refractivity contribution < 1.29 is 9.53 Å². The lowest BCUT2D eigenvalue weighted by Gasteiger charge is -2.24. The van der Waals surface area contributed by atoms with E-state index in [1.54, 1.807) is 7.11 Å². The number of hydrogen-bond acceptors (Lipinski definition) is 3. The van der Waals surface area contributed by atoms with E-state index in [4.69, 9.17) is 16.3 Å². The first-order chi connectivity index (χ1) is 9.06. The third-order valence-corrected chi connectivity index (χ3v) is 4.21. The van der Waals surface area contributed by atoms with E-state index < -0.39 is 0 Å². The molecule has 1 aromatic rings. The zero-order valence-electron chi connectivity index (χ0n) is 11.7. The molecule has 4 heteroatoms. The Morgan fingerprint density at radius 2 is 2.00 bits per heavy atom. The lowest BCUT2D eigenvalue weighted by Crippen LogP contribution is -2.32. The lowest BCUT2D eigenvalue weighted by atomic mass is 9.86. The highest BCUT2D eigenvalue weighted by molar-refractivity contribution is 6.32. The molecule has 1 fully saturated rings. The Morgan fingerprint density at radius 1 is 1.37 bits per heavy atom. The Labute approximate surface area is 119 Å². The second-order valence-electron chi connectivity index (χ2n) is 5.10. The zero-order chi connectivity index (χ0) is 14.0. The second-order valence-corrected chi connectivity index (χ2v) is 5.50. The van der Waals surface area contributed by atoms with Crippen molar-refractivity contribution in [1.29, 1.82) is 0 Å². The van der Waals surface area contributed by atoms with Crippen LogP contribution in [0.4, 0.5) is 0 Å². The molecular formula is C15H20ClNO2. The minimum atomic E-state index is 0.0757. The number of halogens is 1. The number of nitrogens with one attached hydrogen (secondary N) is 1. The number of carbonyl (C=O) groups excluding carboxylic acids is 1. The highest BCUT2D eigenvalue weighted by atomic mass is 35.5. The maximum atomic E-state index is 12.7. The van der Waals surface area contributed by atoms with Crippen LogP contribution in [0.5, 0.6) is 5.75 Å². The predicted octanol–water partition coefficient (Wildman–Crippen LogP) is 3.15. The van der Waals surface area contributed by atoms with Gasteiger partial charge in [0.05, 0.1) is 12.7 Å². The van der Waals surface area contributed by atoms with Gasteiger partial charge >= 0.3 is 0 Å². The maximum Gasteiger partial charge on any atom is 0.170 e. The molecule has 2 rings (SSSR count). The van der Waals surface area contributed by atoms with E-state index >= 15 is 0 Å². The van der Waals surface area contributed by atoms with E-state index in [9.17, 15) is 4.79 Å². The molecule has 1 aliphatic heterocycles. The molecule has 1 heterocycles. The van der Waals surface area contributed by atoms with E-state index in [1.807, 2.05) is 19.9 Å². The summed E-state index contributed by atoms with van der Waals surface area (Å²) in [7, 11) is 1.61. The predicted molar refractivity (Wildman–Crippen MR) is 77.4 cm³/mol. The molecule has 0 spiro atoms. The smallest absolute Gasteiger partial charge is 0.170 e. The Bertz CT molecular complexity index is 493. The maximum absolute atomic E-state index is 12.7. The van der Waals surface area contributed by atoms with Gasteiger partial charge in [0.1, 0.15) is 5.75 Å². The molecule has 1 N–H and O–H groups in total. The van der Waals surface area contributed by atoms with E-state index in [1.165, 1.54) is 0 Å². The van der Waals surface area contributed by atoms with Gasteiger partial charge in [0.15, 0.2) is 5.78 Å². The van der Waals surface area contributed by atoms with Crippen molar-refractivity contribution in [2.75, 3.05) is 20.2 Å². The number of aryl methyl sites for hydroxylation is 1. The summed E-state index contributed by atoms with van der Waals surface area (Å²) in [5.74, 6) is 0.915. The van der Waals surface area contributed by atoms with Gasteiger partial charge in [-0.15, -0.1) is 0 Å². The first kappa shape index (κ1) is 14.4. The van der Waals surface area contributed by atoms with E-state index in [-0.39, 0.29) is 11.7 Å². The van der Waals surface area contributed by atoms with Crippen LogP contribution in [0.25, 0.3) is 0 Å². The number of rotatable bonds is 3. The first-order valence-corrected chi connectivity index (χ1v) is 7.02. The van der Waals surface area contributed by atoms with Crippen LogP contribution in [0.1, 0.15) is 34.3 Å². The molecule has 0 aromatic heterocycles. The summed E-state index contributed by atoms with van der Waals surface area (Å²) in [5, 5.41) is 3.91. The van der Waals surface area contributed by atoms with Gasteiger partial charge in [-0.25, -0.2) is 0 Å². The van der Waals surface area contributed by atoms with Crippen LogP contribution >= 0.6 is 11.6 Å².